The number of terminal acetylenes is 1. The normalized spacial score (nSPS) is 14.7. The van der Waals surface area contributed by atoms with Crippen LogP contribution in [-0.4, -0.2) is 66.1 Å². The van der Waals surface area contributed by atoms with Crippen molar-refractivity contribution in [2.24, 2.45) is 0 Å². The van der Waals surface area contributed by atoms with Gasteiger partial charge in [0.1, 0.15) is 12.1 Å². The summed E-state index contributed by atoms with van der Waals surface area (Å²) in [7, 11) is -3.25. The van der Waals surface area contributed by atoms with Crippen LogP contribution < -0.4 is 10.6 Å². The van der Waals surface area contributed by atoms with Gasteiger partial charge < -0.3 is 15.5 Å². The lowest BCUT2D eigenvalue weighted by Crippen LogP contribution is -2.51. The van der Waals surface area contributed by atoms with Crippen LogP contribution in [-0.2, 0) is 10.0 Å². The molecule has 3 aromatic rings. The lowest BCUT2D eigenvalue weighted by molar-refractivity contribution is 0.184. The van der Waals surface area contributed by atoms with E-state index in [2.05, 4.69) is 26.5 Å². The van der Waals surface area contributed by atoms with E-state index in [1.807, 2.05) is 24.3 Å². The van der Waals surface area contributed by atoms with Crippen LogP contribution in [0.1, 0.15) is 5.56 Å². The quantitative estimate of drug-likeness (QED) is 0.592. The molecular formula is C22H22N6O3S. The number of urea groups is 1. The summed E-state index contributed by atoms with van der Waals surface area (Å²) >= 11 is 0. The minimum absolute atomic E-state index is 0.280. The maximum atomic E-state index is 12.7. The second-order valence-electron chi connectivity index (χ2n) is 7.38. The van der Waals surface area contributed by atoms with Gasteiger partial charge in [0.05, 0.1) is 11.8 Å². The minimum atomic E-state index is -3.25. The molecule has 4 rings (SSSR count). The second-order valence-corrected chi connectivity index (χ2v) is 9.37. The van der Waals surface area contributed by atoms with Crippen LogP contribution in [0.4, 0.5) is 22.0 Å². The van der Waals surface area contributed by atoms with Gasteiger partial charge in [-0.15, -0.1) is 6.42 Å². The highest BCUT2D eigenvalue weighted by Gasteiger charge is 2.26. The van der Waals surface area contributed by atoms with Crippen molar-refractivity contribution in [1.29, 1.82) is 0 Å². The molecule has 0 aliphatic carbocycles. The number of hydrogen-bond acceptors (Lipinski definition) is 6. The highest BCUT2D eigenvalue weighted by Crippen LogP contribution is 2.26. The molecular weight excluding hydrogens is 428 g/mol. The van der Waals surface area contributed by atoms with Crippen molar-refractivity contribution in [3.63, 3.8) is 0 Å². The molecule has 1 saturated heterocycles. The molecule has 2 aromatic carbocycles. The summed E-state index contributed by atoms with van der Waals surface area (Å²) in [6, 6.07) is 12.5. The molecule has 10 heteroatoms. The van der Waals surface area contributed by atoms with E-state index >= 15 is 0 Å². The van der Waals surface area contributed by atoms with E-state index in [4.69, 9.17) is 6.42 Å². The fourth-order valence-corrected chi connectivity index (χ4v) is 4.31. The highest BCUT2D eigenvalue weighted by atomic mass is 32.2. The maximum Gasteiger partial charge on any atom is 0.321 e. The molecule has 164 valence electrons. The number of benzene rings is 2. The fraction of sp³-hybridized carbons (Fsp3) is 0.227. The summed E-state index contributed by atoms with van der Waals surface area (Å²) in [6.07, 6.45) is 8.12. The number of anilines is 3. The predicted octanol–water partition coefficient (Wildman–Crippen LogP) is 2.46. The van der Waals surface area contributed by atoms with E-state index in [0.29, 0.717) is 24.6 Å². The van der Waals surface area contributed by atoms with E-state index in [0.717, 1.165) is 22.2 Å². The summed E-state index contributed by atoms with van der Waals surface area (Å²) < 4.78 is 24.7. The lowest BCUT2D eigenvalue weighted by Gasteiger charge is -2.33. The van der Waals surface area contributed by atoms with Gasteiger partial charge in [-0.3, -0.25) is 0 Å². The number of nitrogens with zero attached hydrogens (tertiary/aromatic N) is 4. The van der Waals surface area contributed by atoms with Crippen LogP contribution in [0.3, 0.4) is 0 Å². The number of amides is 2. The zero-order chi connectivity index (χ0) is 22.7. The smallest absolute Gasteiger partial charge is 0.321 e. The summed E-state index contributed by atoms with van der Waals surface area (Å²) in [5.41, 5.74) is 2.84. The van der Waals surface area contributed by atoms with Crippen LogP contribution in [0.5, 0.6) is 0 Å². The zero-order valence-corrected chi connectivity index (χ0v) is 18.3. The van der Waals surface area contributed by atoms with Gasteiger partial charge in [0, 0.05) is 48.5 Å². The number of piperazine rings is 1. The van der Waals surface area contributed by atoms with E-state index in [1.54, 1.807) is 23.1 Å². The summed E-state index contributed by atoms with van der Waals surface area (Å²) in [4.78, 5) is 22.9. The molecule has 0 spiro atoms. The summed E-state index contributed by atoms with van der Waals surface area (Å²) in [5.74, 6) is 3.19. The van der Waals surface area contributed by atoms with Gasteiger partial charge in [-0.1, -0.05) is 12.0 Å². The van der Waals surface area contributed by atoms with Crippen LogP contribution >= 0.6 is 0 Å². The third-order valence-corrected chi connectivity index (χ3v) is 6.48. The summed E-state index contributed by atoms with van der Waals surface area (Å²) in [6.45, 7) is 1.22. The van der Waals surface area contributed by atoms with Crippen molar-refractivity contribution in [3.05, 3.63) is 54.4 Å². The van der Waals surface area contributed by atoms with E-state index in [1.165, 1.54) is 16.9 Å². The number of rotatable bonds is 4. The lowest BCUT2D eigenvalue weighted by atomic mass is 10.2. The predicted molar refractivity (Wildman–Crippen MR) is 124 cm³/mol. The average Bonchev–Trinajstić information content (AvgIpc) is 2.79. The van der Waals surface area contributed by atoms with Gasteiger partial charge in [-0.25, -0.2) is 23.2 Å². The van der Waals surface area contributed by atoms with Crippen LogP contribution in [0.25, 0.3) is 10.9 Å². The topological polar surface area (TPSA) is 108 Å². The van der Waals surface area contributed by atoms with Crippen LogP contribution in [0.15, 0.2) is 48.8 Å². The minimum Gasteiger partial charge on any atom is -0.340 e. The SMILES string of the molecule is C#Cc1cccc(Nc2ncnc3ccc(NC(=O)N4CCN(S(C)(=O)=O)CC4)cc23)c1. The average molecular weight is 451 g/mol. The van der Waals surface area contributed by atoms with Crippen molar-refractivity contribution in [2.45, 2.75) is 0 Å². The molecule has 9 nitrogen and oxygen atoms in total. The van der Waals surface area contributed by atoms with Crippen molar-refractivity contribution in [2.75, 3.05) is 43.1 Å². The van der Waals surface area contributed by atoms with E-state index in [9.17, 15) is 13.2 Å². The summed E-state index contributed by atoms with van der Waals surface area (Å²) in [5, 5.41) is 6.86. The van der Waals surface area contributed by atoms with Crippen molar-refractivity contribution in [1.82, 2.24) is 19.2 Å². The van der Waals surface area contributed by atoms with Crippen molar-refractivity contribution in [3.8, 4) is 12.3 Å². The number of sulfonamides is 1. The molecule has 1 aromatic heterocycles. The Balaban J connectivity index is 1.51. The molecule has 0 radical (unpaired) electrons. The molecule has 2 N–H and O–H groups in total. The van der Waals surface area contributed by atoms with E-state index in [-0.39, 0.29) is 19.1 Å². The Kier molecular flexibility index (Phi) is 5.94. The first-order valence-electron chi connectivity index (χ1n) is 9.93. The maximum absolute atomic E-state index is 12.7. The van der Waals surface area contributed by atoms with Crippen LogP contribution in [0, 0.1) is 12.3 Å². The fourth-order valence-electron chi connectivity index (χ4n) is 3.48. The number of carbonyl (C=O) groups excluding carboxylic acids is 1. The molecule has 1 fully saturated rings. The molecule has 0 saturated carbocycles. The zero-order valence-electron chi connectivity index (χ0n) is 17.4. The Morgan fingerprint density at radius 1 is 1.06 bits per heavy atom. The Labute approximate surface area is 186 Å². The van der Waals surface area contributed by atoms with Gasteiger partial charge in [0.2, 0.25) is 10.0 Å². The van der Waals surface area contributed by atoms with Gasteiger partial charge in [-0.05, 0) is 36.4 Å². The van der Waals surface area contributed by atoms with Crippen molar-refractivity contribution < 1.29 is 13.2 Å². The standard InChI is InChI=1S/C22H22N6O3S/c1-3-16-5-4-6-17(13-16)25-21-19-14-18(7-8-20(19)23-15-24-21)26-22(29)27-9-11-28(12-10-27)32(2,30)31/h1,4-8,13-15H,9-12H2,2H3,(H,26,29)(H,23,24,25). The van der Waals surface area contributed by atoms with Gasteiger partial charge in [0.15, 0.2) is 0 Å². The Morgan fingerprint density at radius 2 is 1.84 bits per heavy atom. The number of nitrogens with one attached hydrogen (secondary N) is 2. The van der Waals surface area contributed by atoms with E-state index < -0.39 is 10.0 Å². The molecule has 0 bridgehead atoms. The molecule has 0 unspecified atom stereocenters. The Morgan fingerprint density at radius 3 is 2.56 bits per heavy atom. The highest BCUT2D eigenvalue weighted by molar-refractivity contribution is 7.88. The number of carbonyl (C=O) groups is 1. The number of aromatic nitrogens is 2. The molecule has 32 heavy (non-hydrogen) atoms. The third-order valence-electron chi connectivity index (χ3n) is 5.17. The van der Waals surface area contributed by atoms with Gasteiger partial charge in [0.25, 0.3) is 0 Å². The van der Waals surface area contributed by atoms with Gasteiger partial charge >= 0.3 is 6.03 Å². The third kappa shape index (κ3) is 4.80. The number of fused-ring (bicyclic) bond motifs is 1. The number of hydrogen-bond donors (Lipinski definition) is 2. The molecule has 1 aliphatic rings. The molecule has 0 atom stereocenters. The molecule has 2 amide bonds. The first-order valence-corrected chi connectivity index (χ1v) is 11.8. The molecule has 2 heterocycles. The Hall–Kier alpha value is -3.68. The van der Waals surface area contributed by atoms with Crippen molar-refractivity contribution >= 4 is 44.1 Å². The second kappa shape index (κ2) is 8.82. The first-order chi connectivity index (χ1) is 15.3. The largest absolute Gasteiger partial charge is 0.340 e. The first kappa shape index (κ1) is 21.5. The molecule has 1 aliphatic heterocycles. The monoisotopic (exact) mass is 450 g/mol. The Bertz CT molecular complexity index is 1310. The van der Waals surface area contributed by atoms with Crippen LogP contribution in [0.2, 0.25) is 0 Å². The van der Waals surface area contributed by atoms with Gasteiger partial charge in [-0.2, -0.15) is 4.31 Å².